The first-order chi connectivity index (χ1) is 18.0. The number of benzene rings is 1. The number of ether oxygens (including phenoxy) is 1. The molecule has 1 saturated carbocycles. The number of rotatable bonds is 9. The Morgan fingerprint density at radius 2 is 1.97 bits per heavy atom. The highest BCUT2D eigenvalue weighted by atomic mass is 32.1. The van der Waals surface area contributed by atoms with Crippen molar-refractivity contribution in [3.63, 3.8) is 0 Å². The second-order valence-corrected chi connectivity index (χ2v) is 9.90. The first kappa shape index (κ1) is 24.7. The Hall–Kier alpha value is -3.99. The zero-order chi connectivity index (χ0) is 25.8. The molecular weight excluding hydrogens is 492 g/mol. The summed E-state index contributed by atoms with van der Waals surface area (Å²) in [6.45, 7) is 1.61. The van der Waals surface area contributed by atoms with E-state index in [4.69, 9.17) is 9.15 Å². The van der Waals surface area contributed by atoms with Crippen molar-refractivity contribution in [3.05, 3.63) is 64.5 Å². The molecule has 1 aromatic carbocycles. The minimum Gasteiger partial charge on any atom is -0.497 e. The van der Waals surface area contributed by atoms with Gasteiger partial charge in [0.2, 0.25) is 11.7 Å². The second-order valence-electron chi connectivity index (χ2n) is 8.92. The third kappa shape index (κ3) is 5.56. The number of nitrogens with one attached hydrogen (secondary N) is 1. The van der Waals surface area contributed by atoms with E-state index in [9.17, 15) is 9.59 Å². The lowest BCUT2D eigenvalue weighted by Crippen LogP contribution is -2.47. The van der Waals surface area contributed by atoms with Crippen molar-refractivity contribution < 1.29 is 18.7 Å². The van der Waals surface area contributed by atoms with Crippen LogP contribution in [0.2, 0.25) is 0 Å². The molecule has 37 heavy (non-hydrogen) atoms. The zero-order valence-electron chi connectivity index (χ0n) is 20.7. The number of anilines is 1. The molecule has 4 aromatic rings. The molecule has 0 unspecified atom stereocenters. The topological polar surface area (TPSA) is 115 Å². The van der Waals surface area contributed by atoms with Crippen LogP contribution in [0.4, 0.5) is 5.69 Å². The van der Waals surface area contributed by atoms with Gasteiger partial charge in [-0.1, -0.05) is 18.9 Å². The maximum atomic E-state index is 13.9. The number of amides is 2. The molecule has 11 heteroatoms. The van der Waals surface area contributed by atoms with E-state index in [0.717, 1.165) is 36.3 Å². The number of nitrogens with zero attached hydrogens (tertiary/aromatic N) is 5. The Balaban J connectivity index is 1.47. The lowest BCUT2D eigenvalue weighted by Gasteiger charge is -2.31. The van der Waals surface area contributed by atoms with Crippen molar-refractivity contribution in [2.45, 2.75) is 51.2 Å². The summed E-state index contributed by atoms with van der Waals surface area (Å²) in [7, 11) is 1.58. The Labute approximate surface area is 218 Å². The van der Waals surface area contributed by atoms with Crippen LogP contribution in [0.3, 0.4) is 0 Å². The molecule has 192 valence electrons. The average molecular weight is 521 g/mol. The van der Waals surface area contributed by atoms with Gasteiger partial charge in [0, 0.05) is 16.6 Å². The van der Waals surface area contributed by atoms with E-state index >= 15 is 0 Å². The van der Waals surface area contributed by atoms with Gasteiger partial charge in [-0.3, -0.25) is 14.5 Å². The summed E-state index contributed by atoms with van der Waals surface area (Å²) < 4.78 is 10.9. The maximum Gasteiger partial charge on any atom is 0.251 e. The van der Waals surface area contributed by atoms with E-state index in [2.05, 4.69) is 20.7 Å². The second kappa shape index (κ2) is 11.0. The van der Waals surface area contributed by atoms with Crippen molar-refractivity contribution in [2.75, 3.05) is 12.0 Å². The highest BCUT2D eigenvalue weighted by Gasteiger charge is 2.35. The summed E-state index contributed by atoms with van der Waals surface area (Å²) in [4.78, 5) is 31.0. The number of thiophene rings is 1. The number of aromatic nitrogens is 4. The van der Waals surface area contributed by atoms with E-state index in [0.29, 0.717) is 17.2 Å². The van der Waals surface area contributed by atoms with Gasteiger partial charge in [0.25, 0.3) is 5.91 Å². The summed E-state index contributed by atoms with van der Waals surface area (Å²) in [5.41, 5.74) is 0.563. The van der Waals surface area contributed by atoms with Crippen LogP contribution >= 0.6 is 11.3 Å². The predicted octanol–water partition coefficient (Wildman–Crippen LogP) is 4.14. The van der Waals surface area contributed by atoms with Gasteiger partial charge in [0.05, 0.1) is 7.11 Å². The average Bonchev–Trinajstić information content (AvgIpc) is 3.71. The highest BCUT2D eigenvalue weighted by Crippen LogP contribution is 2.33. The molecule has 0 saturated heterocycles. The van der Waals surface area contributed by atoms with Crippen LogP contribution in [0.1, 0.15) is 42.4 Å². The van der Waals surface area contributed by atoms with Gasteiger partial charge in [-0.25, -0.2) is 0 Å². The summed E-state index contributed by atoms with van der Waals surface area (Å²) in [6.07, 6.45) is 4.06. The molecule has 3 aromatic heterocycles. The lowest BCUT2D eigenvalue weighted by atomic mass is 10.1. The summed E-state index contributed by atoms with van der Waals surface area (Å²) in [5, 5.41) is 17.5. The molecule has 1 aliphatic rings. The van der Waals surface area contributed by atoms with E-state index in [1.165, 1.54) is 21.0 Å². The van der Waals surface area contributed by atoms with Crippen molar-refractivity contribution in [1.82, 2.24) is 25.5 Å². The van der Waals surface area contributed by atoms with Gasteiger partial charge in [0.15, 0.2) is 5.76 Å². The Bertz CT molecular complexity index is 1340. The summed E-state index contributed by atoms with van der Waals surface area (Å²) in [6, 6.07) is 13.6. The Morgan fingerprint density at radius 1 is 1.19 bits per heavy atom. The van der Waals surface area contributed by atoms with Crippen molar-refractivity contribution in [2.24, 2.45) is 0 Å². The lowest BCUT2D eigenvalue weighted by molar-refractivity contribution is -0.127. The number of methoxy groups -OCH3 is 1. The molecule has 1 fully saturated rings. The summed E-state index contributed by atoms with van der Waals surface area (Å²) in [5.74, 6) is 1.55. The fourth-order valence-corrected chi connectivity index (χ4v) is 5.32. The molecule has 1 aliphatic carbocycles. The van der Waals surface area contributed by atoms with Crippen LogP contribution in [0.25, 0.3) is 11.6 Å². The number of hydrogen-bond donors (Lipinski definition) is 1. The minimum atomic E-state index is -0.850. The van der Waals surface area contributed by atoms with Gasteiger partial charge in [-0.05, 0) is 72.8 Å². The van der Waals surface area contributed by atoms with E-state index < -0.39 is 6.04 Å². The SMILES string of the molecule is COc1ccc(N(C(=O)Cn2nnc(-c3ccc(C)o3)n2)[C@H](C(=O)NC2CCCC2)c2cccs2)cc1. The number of tetrazole rings is 1. The number of carbonyl (C=O) groups excluding carboxylic acids is 2. The minimum absolute atomic E-state index is 0.110. The number of hydrogen-bond acceptors (Lipinski definition) is 8. The first-order valence-corrected chi connectivity index (χ1v) is 13.0. The Kier molecular flexibility index (Phi) is 7.31. The van der Waals surface area contributed by atoms with E-state index in [1.54, 1.807) is 43.5 Å². The van der Waals surface area contributed by atoms with Gasteiger partial charge >= 0.3 is 0 Å². The normalized spacial score (nSPS) is 14.4. The first-order valence-electron chi connectivity index (χ1n) is 12.2. The smallest absolute Gasteiger partial charge is 0.251 e. The van der Waals surface area contributed by atoms with Crippen molar-refractivity contribution in [3.8, 4) is 17.3 Å². The van der Waals surface area contributed by atoms with Gasteiger partial charge in [-0.2, -0.15) is 4.80 Å². The molecule has 2 amide bonds. The molecule has 5 rings (SSSR count). The molecule has 0 radical (unpaired) electrons. The van der Waals surface area contributed by atoms with Gasteiger partial charge < -0.3 is 14.5 Å². The van der Waals surface area contributed by atoms with Crippen molar-refractivity contribution in [1.29, 1.82) is 0 Å². The van der Waals surface area contributed by atoms with Crippen LogP contribution in [0.15, 0.2) is 58.3 Å². The molecule has 0 spiro atoms. The van der Waals surface area contributed by atoms with Gasteiger partial charge in [-0.15, -0.1) is 21.5 Å². The molecular formula is C26H28N6O4S. The molecule has 10 nitrogen and oxygen atoms in total. The molecule has 0 aliphatic heterocycles. The van der Waals surface area contributed by atoms with Crippen LogP contribution in [-0.2, 0) is 16.1 Å². The third-order valence-corrected chi connectivity index (χ3v) is 7.26. The predicted molar refractivity (Wildman–Crippen MR) is 138 cm³/mol. The van der Waals surface area contributed by atoms with Crippen molar-refractivity contribution >= 4 is 28.8 Å². The molecule has 1 N–H and O–H groups in total. The third-order valence-electron chi connectivity index (χ3n) is 6.33. The largest absolute Gasteiger partial charge is 0.497 e. The van der Waals surface area contributed by atoms with Crippen LogP contribution in [0, 0.1) is 6.92 Å². The van der Waals surface area contributed by atoms with Crippen LogP contribution in [-0.4, -0.2) is 45.2 Å². The standard InChI is InChI=1S/C26H28N6O4S/c1-17-9-14-21(36-17)25-28-30-31(29-25)16-23(33)32(19-10-12-20(35-2)13-11-19)24(22-8-5-15-37-22)26(34)27-18-6-3-4-7-18/h5,8-15,18,24H,3-4,6-7,16H2,1-2H3,(H,27,34)/t24-/m0/s1. The quantitative estimate of drug-likeness (QED) is 0.353. The highest BCUT2D eigenvalue weighted by molar-refractivity contribution is 7.10. The fraction of sp³-hybridized carbons (Fsp3) is 0.346. The van der Waals surface area contributed by atoms with Crippen LogP contribution < -0.4 is 15.0 Å². The van der Waals surface area contributed by atoms with Gasteiger partial charge in [0.1, 0.15) is 24.1 Å². The number of furan rings is 1. The molecule has 1 atom stereocenters. The summed E-state index contributed by atoms with van der Waals surface area (Å²) >= 11 is 1.43. The molecule has 0 bridgehead atoms. The number of carbonyl (C=O) groups is 2. The number of aryl methyl sites for hydroxylation is 1. The van der Waals surface area contributed by atoms with E-state index in [-0.39, 0.29) is 30.2 Å². The zero-order valence-corrected chi connectivity index (χ0v) is 21.5. The maximum absolute atomic E-state index is 13.9. The van der Waals surface area contributed by atoms with Crippen LogP contribution in [0.5, 0.6) is 5.75 Å². The fourth-order valence-electron chi connectivity index (χ4n) is 4.51. The van der Waals surface area contributed by atoms with E-state index in [1.807, 2.05) is 24.4 Å². The molecule has 3 heterocycles. The monoisotopic (exact) mass is 520 g/mol. The Morgan fingerprint density at radius 3 is 2.62 bits per heavy atom.